The molecule has 5 rings (SSSR count). The first-order chi connectivity index (χ1) is 21.4. The Balaban J connectivity index is 0.00000480. The topological polar surface area (TPSA) is 218 Å². The van der Waals surface area contributed by atoms with Crippen LogP contribution in [0.2, 0.25) is 0 Å². The fraction of sp³-hybridized carbons (Fsp3) is 0.0968. The molecule has 0 aliphatic carbocycles. The molecule has 0 aliphatic heterocycles. The molecule has 0 aliphatic rings. The number of aromatic hydroxyl groups is 2. The number of nitrogens with two attached hydrogens (primary N) is 2. The molecule has 0 aromatic heterocycles. The number of nitrogens with zero attached hydrogens (tertiary/aromatic N) is 4. The van der Waals surface area contributed by atoms with Gasteiger partial charge in [-0.1, -0.05) is 12.1 Å². The average Bonchev–Trinajstić information content (AvgIpc) is 3.01. The van der Waals surface area contributed by atoms with Gasteiger partial charge in [0.05, 0.1) is 24.8 Å². The summed E-state index contributed by atoms with van der Waals surface area (Å²) in [7, 11) is -2.00. The first kappa shape index (κ1) is 34.1. The van der Waals surface area contributed by atoms with Crippen LogP contribution in [0.5, 0.6) is 23.0 Å². The maximum absolute atomic E-state index is 11.9. The SMILES string of the molecule is COc1cc(-c2ccc(N=Nc3cc(S(=O)(=O)[O-])c4ccc(O)cc4c3O)c(OC)c2)ccc1N=Nc1cc(C)c(N)cc1N.[Na+]. The summed E-state index contributed by atoms with van der Waals surface area (Å²) in [6.07, 6.45) is 0. The Hall–Kier alpha value is -4.73. The number of ether oxygens (including phenoxy) is 2. The summed E-state index contributed by atoms with van der Waals surface area (Å²) in [5.74, 6) is 0.0494. The number of aryl methyl sites for hydroxylation is 1. The molecule has 5 aromatic rings. The van der Waals surface area contributed by atoms with Gasteiger partial charge >= 0.3 is 29.6 Å². The van der Waals surface area contributed by atoms with Crippen LogP contribution in [0.4, 0.5) is 34.1 Å². The number of benzene rings is 5. The van der Waals surface area contributed by atoms with Crippen molar-refractivity contribution in [3.05, 3.63) is 78.4 Å². The van der Waals surface area contributed by atoms with E-state index >= 15 is 0 Å². The van der Waals surface area contributed by atoms with Crippen LogP contribution >= 0.6 is 0 Å². The van der Waals surface area contributed by atoms with Crippen molar-refractivity contribution in [2.45, 2.75) is 11.8 Å². The zero-order chi connectivity index (χ0) is 32.5. The Morgan fingerprint density at radius 3 is 1.76 bits per heavy atom. The molecule has 13 nitrogen and oxygen atoms in total. The number of rotatable bonds is 8. The number of phenols is 2. The fourth-order valence-electron chi connectivity index (χ4n) is 4.54. The van der Waals surface area contributed by atoms with Crippen LogP contribution in [0.15, 0.2) is 98.1 Å². The molecule has 230 valence electrons. The van der Waals surface area contributed by atoms with Gasteiger partial charge in [-0.05, 0) is 84.3 Å². The van der Waals surface area contributed by atoms with E-state index in [1.54, 1.807) is 42.5 Å². The van der Waals surface area contributed by atoms with Gasteiger partial charge in [0.25, 0.3) is 0 Å². The minimum absolute atomic E-state index is 0. The van der Waals surface area contributed by atoms with E-state index in [2.05, 4.69) is 20.5 Å². The smallest absolute Gasteiger partial charge is 0.744 e. The summed E-state index contributed by atoms with van der Waals surface area (Å²) < 4.78 is 46.8. The zero-order valence-electron chi connectivity index (χ0n) is 25.2. The summed E-state index contributed by atoms with van der Waals surface area (Å²) in [5, 5.41) is 37.1. The van der Waals surface area contributed by atoms with Gasteiger partial charge in [-0.3, -0.25) is 0 Å². The van der Waals surface area contributed by atoms with E-state index in [0.29, 0.717) is 34.2 Å². The van der Waals surface area contributed by atoms with E-state index in [1.807, 2.05) is 13.0 Å². The second-order valence-electron chi connectivity index (χ2n) is 9.87. The van der Waals surface area contributed by atoms with Crippen LogP contribution in [0, 0.1) is 6.92 Å². The second-order valence-corrected chi connectivity index (χ2v) is 11.2. The monoisotopic (exact) mass is 650 g/mol. The van der Waals surface area contributed by atoms with Crippen LogP contribution in [-0.2, 0) is 10.1 Å². The number of hydrogen-bond acceptors (Lipinski definition) is 13. The molecule has 0 radical (unpaired) electrons. The molecular weight excluding hydrogens is 623 g/mol. The maximum Gasteiger partial charge on any atom is 1.00 e. The molecule has 5 aromatic carbocycles. The number of azo groups is 2. The van der Waals surface area contributed by atoms with E-state index in [-0.39, 0.29) is 57.5 Å². The minimum atomic E-state index is -4.95. The summed E-state index contributed by atoms with van der Waals surface area (Å²) >= 11 is 0. The zero-order valence-corrected chi connectivity index (χ0v) is 28.0. The maximum atomic E-state index is 11.9. The standard InChI is InChI=1S/C31H28N6O7S.Na/c1-16-10-26(23(33)14-22(16)32)36-34-24-8-4-17(11-28(24)43-2)18-5-9-25(29(12-18)44-3)35-37-27-15-30(45(40,41)42)20-7-6-19(38)13-21(20)31(27)39;/h4-15,38-39H,32-33H2,1-3H3,(H,40,41,42);/q;+1/p-1. The largest absolute Gasteiger partial charge is 1.00 e. The van der Waals surface area contributed by atoms with Gasteiger partial charge in [-0.25, -0.2) is 8.42 Å². The number of anilines is 2. The van der Waals surface area contributed by atoms with Gasteiger partial charge < -0.3 is 35.7 Å². The third-order valence-corrected chi connectivity index (χ3v) is 7.82. The number of hydrogen-bond donors (Lipinski definition) is 4. The average molecular weight is 651 g/mol. The molecule has 0 saturated heterocycles. The summed E-state index contributed by atoms with van der Waals surface area (Å²) in [6.45, 7) is 1.85. The molecule has 46 heavy (non-hydrogen) atoms. The van der Waals surface area contributed by atoms with Gasteiger partial charge in [-0.2, -0.15) is 0 Å². The first-order valence-electron chi connectivity index (χ1n) is 13.2. The van der Waals surface area contributed by atoms with Crippen molar-refractivity contribution in [3.8, 4) is 34.1 Å². The Labute approximate surface area is 286 Å². The third-order valence-electron chi connectivity index (χ3n) is 6.94. The van der Waals surface area contributed by atoms with E-state index in [9.17, 15) is 23.2 Å². The van der Waals surface area contributed by atoms with E-state index < -0.39 is 20.8 Å². The molecular formula is C31H27N6NaO7S. The first-order valence-corrected chi connectivity index (χ1v) is 14.6. The molecule has 0 unspecified atom stereocenters. The van der Waals surface area contributed by atoms with Gasteiger partial charge in [0.1, 0.15) is 50.1 Å². The molecule has 6 N–H and O–H groups in total. The van der Waals surface area contributed by atoms with Gasteiger partial charge in [0, 0.05) is 16.5 Å². The van der Waals surface area contributed by atoms with Crippen LogP contribution in [0.25, 0.3) is 21.9 Å². The van der Waals surface area contributed by atoms with E-state index in [0.717, 1.165) is 28.8 Å². The van der Waals surface area contributed by atoms with E-state index in [4.69, 9.17) is 20.9 Å². The quantitative estimate of drug-likeness (QED) is 0.0819. The van der Waals surface area contributed by atoms with Crippen molar-refractivity contribution in [1.29, 1.82) is 0 Å². The van der Waals surface area contributed by atoms with Crippen molar-refractivity contribution in [2.75, 3.05) is 25.7 Å². The van der Waals surface area contributed by atoms with Gasteiger partial charge in [-0.15, -0.1) is 20.5 Å². The summed E-state index contributed by atoms with van der Waals surface area (Å²) in [4.78, 5) is -0.615. The number of fused-ring (bicyclic) bond motifs is 1. The van der Waals surface area contributed by atoms with Gasteiger partial charge in [0.2, 0.25) is 0 Å². The molecule has 15 heteroatoms. The van der Waals surface area contributed by atoms with Crippen molar-refractivity contribution in [2.24, 2.45) is 20.5 Å². The molecule has 0 heterocycles. The number of phenolic OH excluding ortho intramolecular Hbond substituents is 2. The predicted octanol–water partition coefficient (Wildman–Crippen LogP) is 4.15. The van der Waals surface area contributed by atoms with Crippen LogP contribution in [-0.4, -0.2) is 37.4 Å². The van der Waals surface area contributed by atoms with Crippen molar-refractivity contribution >= 4 is 55.0 Å². The minimum Gasteiger partial charge on any atom is -0.744 e. The number of methoxy groups -OCH3 is 2. The molecule has 0 fully saturated rings. The van der Waals surface area contributed by atoms with E-state index in [1.165, 1.54) is 26.4 Å². The van der Waals surface area contributed by atoms with Crippen LogP contribution in [0.3, 0.4) is 0 Å². The summed E-state index contributed by atoms with van der Waals surface area (Å²) in [5.41, 5.74) is 16.1. The molecule has 0 spiro atoms. The Morgan fingerprint density at radius 1 is 0.674 bits per heavy atom. The number of nitrogen functional groups attached to an aromatic ring is 2. The van der Waals surface area contributed by atoms with Gasteiger partial charge in [0.15, 0.2) is 5.75 Å². The normalized spacial score (nSPS) is 11.7. The Bertz CT molecular complexity index is 2140. The Kier molecular flexibility index (Phi) is 10.2. The Morgan fingerprint density at radius 2 is 1.22 bits per heavy atom. The fourth-order valence-corrected chi connectivity index (χ4v) is 5.25. The summed E-state index contributed by atoms with van der Waals surface area (Å²) in [6, 6.07) is 18.2. The van der Waals surface area contributed by atoms with Crippen molar-refractivity contribution in [3.63, 3.8) is 0 Å². The molecule has 0 saturated carbocycles. The third kappa shape index (κ3) is 7.06. The van der Waals surface area contributed by atoms with Crippen LogP contribution < -0.4 is 50.5 Å². The molecule has 0 amide bonds. The van der Waals surface area contributed by atoms with Crippen molar-refractivity contribution < 1.29 is 62.2 Å². The van der Waals surface area contributed by atoms with Crippen LogP contribution in [0.1, 0.15) is 5.56 Å². The predicted molar refractivity (Wildman–Crippen MR) is 169 cm³/mol. The molecule has 0 bridgehead atoms. The van der Waals surface area contributed by atoms with Crippen molar-refractivity contribution in [1.82, 2.24) is 0 Å². The molecule has 0 atom stereocenters. The second kappa shape index (κ2) is 13.7.